The summed E-state index contributed by atoms with van der Waals surface area (Å²) in [5, 5.41) is 14.5. The van der Waals surface area contributed by atoms with E-state index < -0.39 is 6.04 Å². The Hall–Kier alpha value is -2.03. The molecule has 0 aromatic heterocycles. The Morgan fingerprint density at radius 1 is 1.55 bits per heavy atom. The van der Waals surface area contributed by atoms with E-state index in [1.807, 2.05) is 0 Å². The lowest BCUT2D eigenvalue weighted by atomic mass is 10.1. The van der Waals surface area contributed by atoms with E-state index in [9.17, 15) is 9.59 Å². The minimum atomic E-state index is -0.528. The van der Waals surface area contributed by atoms with E-state index in [1.165, 1.54) is 0 Å². The molecule has 1 aromatic rings. The molecule has 1 heterocycles. The zero-order chi connectivity index (χ0) is 14.5. The third kappa shape index (κ3) is 3.50. The molecule has 1 fully saturated rings. The molecule has 1 aliphatic heterocycles. The maximum Gasteiger partial charge on any atom is 0.246 e. The van der Waals surface area contributed by atoms with Crippen molar-refractivity contribution in [1.82, 2.24) is 5.32 Å². The summed E-state index contributed by atoms with van der Waals surface area (Å²) >= 11 is 5.90. The maximum absolute atomic E-state index is 12.0. The number of aliphatic hydroxyl groups excluding tert-OH is 1. The van der Waals surface area contributed by atoms with Gasteiger partial charge in [0.15, 0.2) is 0 Å². The van der Waals surface area contributed by atoms with E-state index in [0.717, 1.165) is 0 Å². The smallest absolute Gasteiger partial charge is 0.246 e. The third-order valence-corrected chi connectivity index (χ3v) is 3.09. The molecule has 2 amide bonds. The molecule has 3 N–H and O–H groups in total. The van der Waals surface area contributed by atoms with Crippen molar-refractivity contribution in [3.8, 4) is 11.8 Å². The van der Waals surface area contributed by atoms with Crippen LogP contribution in [0.1, 0.15) is 18.4 Å². The molecular weight excluding hydrogens is 280 g/mol. The molecule has 0 radical (unpaired) electrons. The van der Waals surface area contributed by atoms with Gasteiger partial charge in [-0.3, -0.25) is 9.59 Å². The second-order valence-corrected chi connectivity index (χ2v) is 4.73. The molecule has 1 atom stereocenters. The Kier molecular flexibility index (Phi) is 4.61. The SMILES string of the molecule is O=C1CCC(C(=O)Nc2cc(Cl)ccc2C#CCO)N1. The number of amides is 2. The van der Waals surface area contributed by atoms with Crippen LogP contribution in [0, 0.1) is 11.8 Å². The van der Waals surface area contributed by atoms with E-state index >= 15 is 0 Å². The third-order valence-electron chi connectivity index (χ3n) is 2.85. The number of carbonyl (C=O) groups excluding carboxylic acids is 2. The summed E-state index contributed by atoms with van der Waals surface area (Å²) in [5.74, 6) is 4.82. The van der Waals surface area contributed by atoms with Crippen LogP contribution in [-0.4, -0.2) is 29.6 Å². The second kappa shape index (κ2) is 6.42. The number of benzene rings is 1. The zero-order valence-corrected chi connectivity index (χ0v) is 11.3. The van der Waals surface area contributed by atoms with E-state index in [0.29, 0.717) is 29.1 Å². The molecule has 6 heteroatoms. The van der Waals surface area contributed by atoms with Gasteiger partial charge in [0.05, 0.1) is 5.69 Å². The van der Waals surface area contributed by atoms with Gasteiger partial charge < -0.3 is 15.7 Å². The van der Waals surface area contributed by atoms with E-state index in [2.05, 4.69) is 22.5 Å². The summed E-state index contributed by atoms with van der Waals surface area (Å²) in [6.45, 7) is -0.269. The van der Waals surface area contributed by atoms with Gasteiger partial charge in [-0.25, -0.2) is 0 Å². The van der Waals surface area contributed by atoms with Gasteiger partial charge >= 0.3 is 0 Å². The predicted molar refractivity (Wildman–Crippen MR) is 75.2 cm³/mol. The molecule has 0 spiro atoms. The van der Waals surface area contributed by atoms with Crippen molar-refractivity contribution in [2.45, 2.75) is 18.9 Å². The second-order valence-electron chi connectivity index (χ2n) is 4.30. The maximum atomic E-state index is 12.0. The van der Waals surface area contributed by atoms with Crippen LogP contribution >= 0.6 is 11.6 Å². The predicted octanol–water partition coefficient (Wildman–Crippen LogP) is 0.901. The molecule has 0 bridgehead atoms. The van der Waals surface area contributed by atoms with Crippen LogP contribution in [-0.2, 0) is 9.59 Å². The summed E-state index contributed by atoms with van der Waals surface area (Å²) in [6, 6.07) is 4.36. The van der Waals surface area contributed by atoms with Crippen LogP contribution < -0.4 is 10.6 Å². The zero-order valence-electron chi connectivity index (χ0n) is 10.6. The van der Waals surface area contributed by atoms with Gasteiger partial charge in [-0.2, -0.15) is 0 Å². The van der Waals surface area contributed by atoms with Crippen LogP contribution in [0.25, 0.3) is 0 Å². The molecule has 104 valence electrons. The van der Waals surface area contributed by atoms with Crippen LogP contribution in [0.2, 0.25) is 5.02 Å². The minimum absolute atomic E-state index is 0.128. The van der Waals surface area contributed by atoms with E-state index in [1.54, 1.807) is 18.2 Å². The lowest BCUT2D eigenvalue weighted by Crippen LogP contribution is -2.37. The molecule has 1 aromatic carbocycles. The van der Waals surface area contributed by atoms with Crippen LogP contribution in [0.5, 0.6) is 0 Å². The largest absolute Gasteiger partial charge is 0.384 e. The van der Waals surface area contributed by atoms with Crippen molar-refractivity contribution >= 4 is 29.1 Å². The fourth-order valence-electron chi connectivity index (χ4n) is 1.89. The van der Waals surface area contributed by atoms with Crippen LogP contribution in [0.4, 0.5) is 5.69 Å². The molecule has 5 nitrogen and oxygen atoms in total. The van der Waals surface area contributed by atoms with Gasteiger partial charge in [0.1, 0.15) is 12.6 Å². The Labute approximate surface area is 121 Å². The standard InChI is InChI=1S/C14H13ClN2O3/c15-10-4-3-9(2-1-7-18)12(8-10)17-14(20)11-5-6-13(19)16-11/h3-4,8,11,18H,5-7H2,(H,16,19)(H,17,20). The Balaban J connectivity index is 2.17. The van der Waals surface area contributed by atoms with Crippen molar-refractivity contribution in [3.05, 3.63) is 28.8 Å². The number of nitrogens with one attached hydrogen (secondary N) is 2. The number of aliphatic hydroxyl groups is 1. The monoisotopic (exact) mass is 292 g/mol. The molecule has 1 saturated heterocycles. The Morgan fingerprint density at radius 3 is 3.00 bits per heavy atom. The number of anilines is 1. The Bertz CT molecular complexity index is 604. The van der Waals surface area contributed by atoms with Gasteiger partial charge in [-0.15, -0.1) is 0 Å². The highest BCUT2D eigenvalue weighted by Gasteiger charge is 2.27. The molecule has 0 saturated carbocycles. The van der Waals surface area contributed by atoms with Gasteiger partial charge in [0.2, 0.25) is 11.8 Å². The van der Waals surface area contributed by atoms with Gasteiger partial charge in [0, 0.05) is 17.0 Å². The number of carbonyl (C=O) groups is 2. The first-order valence-electron chi connectivity index (χ1n) is 6.09. The van der Waals surface area contributed by atoms with E-state index in [-0.39, 0.29) is 18.4 Å². The summed E-state index contributed by atoms with van der Waals surface area (Å²) in [6.07, 6.45) is 0.827. The fraction of sp³-hybridized carbons (Fsp3) is 0.286. The molecule has 0 aliphatic carbocycles. The molecule has 2 rings (SSSR count). The first-order chi connectivity index (χ1) is 9.60. The first kappa shape index (κ1) is 14.4. The van der Waals surface area contributed by atoms with Gasteiger partial charge in [0.25, 0.3) is 0 Å². The van der Waals surface area contributed by atoms with Crippen LogP contribution in [0.3, 0.4) is 0 Å². The highest BCUT2D eigenvalue weighted by molar-refractivity contribution is 6.31. The molecule has 1 unspecified atom stereocenters. The van der Waals surface area contributed by atoms with Crippen molar-refractivity contribution in [2.24, 2.45) is 0 Å². The number of hydrogen-bond acceptors (Lipinski definition) is 3. The summed E-state index contributed by atoms with van der Waals surface area (Å²) in [4.78, 5) is 23.1. The topological polar surface area (TPSA) is 78.4 Å². The average Bonchev–Trinajstić information content (AvgIpc) is 2.85. The molecular formula is C14H13ClN2O3. The van der Waals surface area contributed by atoms with Crippen molar-refractivity contribution < 1.29 is 14.7 Å². The lowest BCUT2D eigenvalue weighted by molar-refractivity contribution is -0.122. The van der Waals surface area contributed by atoms with Gasteiger partial charge in [-0.05, 0) is 24.6 Å². The number of halogens is 1. The van der Waals surface area contributed by atoms with Crippen molar-refractivity contribution in [2.75, 3.05) is 11.9 Å². The number of hydrogen-bond donors (Lipinski definition) is 3. The summed E-state index contributed by atoms with van der Waals surface area (Å²) in [7, 11) is 0. The average molecular weight is 293 g/mol. The van der Waals surface area contributed by atoms with Gasteiger partial charge in [-0.1, -0.05) is 23.4 Å². The molecule has 1 aliphatic rings. The van der Waals surface area contributed by atoms with E-state index in [4.69, 9.17) is 16.7 Å². The fourth-order valence-corrected chi connectivity index (χ4v) is 2.07. The number of rotatable bonds is 2. The molecule has 20 heavy (non-hydrogen) atoms. The summed E-state index contributed by atoms with van der Waals surface area (Å²) < 4.78 is 0. The minimum Gasteiger partial charge on any atom is -0.384 e. The highest BCUT2D eigenvalue weighted by Crippen LogP contribution is 2.21. The Morgan fingerprint density at radius 2 is 2.35 bits per heavy atom. The van der Waals surface area contributed by atoms with Crippen molar-refractivity contribution in [3.63, 3.8) is 0 Å². The van der Waals surface area contributed by atoms with Crippen LogP contribution in [0.15, 0.2) is 18.2 Å². The van der Waals surface area contributed by atoms with Crippen molar-refractivity contribution in [1.29, 1.82) is 0 Å². The normalized spacial score (nSPS) is 17.1. The lowest BCUT2D eigenvalue weighted by Gasteiger charge is -2.12. The quantitative estimate of drug-likeness (QED) is 0.709. The summed E-state index contributed by atoms with van der Waals surface area (Å²) in [5.41, 5.74) is 1.02. The first-order valence-corrected chi connectivity index (χ1v) is 6.47. The highest BCUT2D eigenvalue weighted by atomic mass is 35.5.